The van der Waals surface area contributed by atoms with Crippen molar-refractivity contribution in [3.05, 3.63) is 29.8 Å². The lowest BCUT2D eigenvalue weighted by Gasteiger charge is -2.09. The number of anilines is 1. The van der Waals surface area contributed by atoms with Crippen molar-refractivity contribution in [2.24, 2.45) is 5.92 Å². The van der Waals surface area contributed by atoms with Crippen LogP contribution < -0.4 is 10.6 Å². The molecule has 4 nitrogen and oxygen atoms in total. The molecule has 0 aliphatic rings. The van der Waals surface area contributed by atoms with E-state index in [9.17, 15) is 13.6 Å². The fourth-order valence-corrected chi connectivity index (χ4v) is 1.50. The maximum Gasteiger partial charge on any atom is 0.319 e. The maximum atomic E-state index is 12.9. The molecule has 1 aromatic rings. The maximum absolute atomic E-state index is 12.9. The number of carbonyl (C=O) groups is 1. The number of halogens is 2. The number of benzene rings is 1. The van der Waals surface area contributed by atoms with Crippen molar-refractivity contribution in [1.29, 1.82) is 0 Å². The van der Waals surface area contributed by atoms with Crippen LogP contribution in [0, 0.1) is 17.6 Å². The SMILES string of the molecule is CC(C)COCCCNC(=O)Nc1cc(F)cc(F)c1. The monoisotopic (exact) mass is 286 g/mol. The van der Waals surface area contributed by atoms with Gasteiger partial charge in [0.2, 0.25) is 0 Å². The van der Waals surface area contributed by atoms with Crippen molar-refractivity contribution in [2.45, 2.75) is 20.3 Å². The van der Waals surface area contributed by atoms with Gasteiger partial charge in [0.15, 0.2) is 0 Å². The molecule has 112 valence electrons. The topological polar surface area (TPSA) is 50.4 Å². The van der Waals surface area contributed by atoms with E-state index in [1.54, 1.807) is 0 Å². The summed E-state index contributed by atoms with van der Waals surface area (Å²) >= 11 is 0. The molecule has 0 fully saturated rings. The minimum atomic E-state index is -0.734. The Morgan fingerprint density at radius 2 is 1.90 bits per heavy atom. The van der Waals surface area contributed by atoms with Crippen LogP contribution in [0.5, 0.6) is 0 Å². The third-order valence-corrected chi connectivity index (χ3v) is 2.32. The molecule has 0 unspecified atom stereocenters. The van der Waals surface area contributed by atoms with Crippen LogP contribution in [-0.2, 0) is 4.74 Å². The summed E-state index contributed by atoms with van der Waals surface area (Å²) < 4.78 is 31.2. The van der Waals surface area contributed by atoms with Gasteiger partial charge in [-0.15, -0.1) is 0 Å². The first kappa shape index (κ1) is 16.4. The highest BCUT2D eigenvalue weighted by Gasteiger charge is 2.04. The highest BCUT2D eigenvalue weighted by Crippen LogP contribution is 2.12. The largest absolute Gasteiger partial charge is 0.381 e. The number of carbonyl (C=O) groups excluding carboxylic acids is 1. The first-order valence-electron chi connectivity index (χ1n) is 6.56. The van der Waals surface area contributed by atoms with Gasteiger partial charge in [-0.05, 0) is 24.5 Å². The molecule has 20 heavy (non-hydrogen) atoms. The van der Waals surface area contributed by atoms with Gasteiger partial charge in [0.25, 0.3) is 0 Å². The highest BCUT2D eigenvalue weighted by atomic mass is 19.1. The Morgan fingerprint density at radius 1 is 1.25 bits per heavy atom. The van der Waals surface area contributed by atoms with E-state index < -0.39 is 17.7 Å². The second-order valence-corrected chi connectivity index (χ2v) is 4.86. The van der Waals surface area contributed by atoms with Gasteiger partial charge in [-0.1, -0.05) is 13.8 Å². The molecule has 6 heteroatoms. The summed E-state index contributed by atoms with van der Waals surface area (Å²) in [5.74, 6) is -0.987. The first-order valence-corrected chi connectivity index (χ1v) is 6.56. The lowest BCUT2D eigenvalue weighted by atomic mass is 10.2. The van der Waals surface area contributed by atoms with Crippen molar-refractivity contribution >= 4 is 11.7 Å². The minimum absolute atomic E-state index is 0.0797. The van der Waals surface area contributed by atoms with Crippen molar-refractivity contribution in [2.75, 3.05) is 25.1 Å². The zero-order valence-corrected chi connectivity index (χ0v) is 11.7. The van der Waals surface area contributed by atoms with Crippen LogP contribution in [0.4, 0.5) is 19.3 Å². The van der Waals surface area contributed by atoms with Gasteiger partial charge in [-0.2, -0.15) is 0 Å². The van der Waals surface area contributed by atoms with Gasteiger partial charge in [0.1, 0.15) is 11.6 Å². The summed E-state index contributed by atoms with van der Waals surface area (Å²) in [5.41, 5.74) is 0.0797. The third kappa shape index (κ3) is 7.04. The predicted molar refractivity (Wildman–Crippen MR) is 73.7 cm³/mol. The standard InChI is InChI=1S/C14H20F2N2O2/c1-10(2)9-20-5-3-4-17-14(19)18-13-7-11(15)6-12(16)8-13/h6-8,10H,3-5,9H2,1-2H3,(H2,17,18,19). The minimum Gasteiger partial charge on any atom is -0.381 e. The normalized spacial score (nSPS) is 10.7. The Labute approximate surface area is 117 Å². The third-order valence-electron chi connectivity index (χ3n) is 2.32. The van der Waals surface area contributed by atoms with E-state index in [1.807, 2.05) is 0 Å². The Kier molecular flexibility index (Phi) is 6.93. The van der Waals surface area contributed by atoms with Gasteiger partial charge >= 0.3 is 6.03 Å². The Bertz CT molecular complexity index is 419. The molecule has 0 spiro atoms. The van der Waals surface area contributed by atoms with Gasteiger partial charge in [0.05, 0.1) is 0 Å². The molecule has 0 radical (unpaired) electrons. The van der Waals surface area contributed by atoms with Crippen molar-refractivity contribution in [3.8, 4) is 0 Å². The van der Waals surface area contributed by atoms with E-state index >= 15 is 0 Å². The van der Waals surface area contributed by atoms with E-state index in [2.05, 4.69) is 24.5 Å². The lowest BCUT2D eigenvalue weighted by molar-refractivity contribution is 0.108. The van der Waals surface area contributed by atoms with Gasteiger partial charge < -0.3 is 15.4 Å². The number of nitrogens with one attached hydrogen (secondary N) is 2. The molecular weight excluding hydrogens is 266 g/mol. The smallest absolute Gasteiger partial charge is 0.319 e. The number of hydrogen-bond donors (Lipinski definition) is 2. The quantitative estimate of drug-likeness (QED) is 0.756. The Morgan fingerprint density at radius 3 is 2.50 bits per heavy atom. The van der Waals surface area contributed by atoms with Crippen LogP contribution in [0.1, 0.15) is 20.3 Å². The molecule has 0 saturated heterocycles. The fourth-order valence-electron chi connectivity index (χ4n) is 1.50. The summed E-state index contributed by atoms with van der Waals surface area (Å²) in [6, 6.07) is 2.34. The first-order chi connectivity index (χ1) is 9.47. The molecule has 0 aliphatic heterocycles. The highest BCUT2D eigenvalue weighted by molar-refractivity contribution is 5.89. The zero-order valence-electron chi connectivity index (χ0n) is 11.7. The molecule has 1 rings (SSSR count). The van der Waals surface area contributed by atoms with Crippen LogP contribution in [0.25, 0.3) is 0 Å². The summed E-state index contributed by atoms with van der Waals surface area (Å²) in [7, 11) is 0. The molecule has 0 atom stereocenters. The van der Waals surface area contributed by atoms with Crippen LogP contribution in [0.3, 0.4) is 0 Å². The number of ether oxygens (including phenoxy) is 1. The van der Waals surface area contributed by atoms with Crippen LogP contribution in [-0.4, -0.2) is 25.8 Å². The number of rotatable bonds is 7. The molecule has 0 heterocycles. The van der Waals surface area contributed by atoms with E-state index in [-0.39, 0.29) is 5.69 Å². The predicted octanol–water partition coefficient (Wildman–Crippen LogP) is 3.15. The van der Waals surface area contributed by atoms with Gasteiger partial charge in [-0.25, -0.2) is 13.6 Å². The molecule has 0 aromatic heterocycles. The van der Waals surface area contributed by atoms with Crippen molar-refractivity contribution in [1.82, 2.24) is 5.32 Å². The average Bonchev–Trinajstić information content (AvgIpc) is 2.31. The van der Waals surface area contributed by atoms with Crippen LogP contribution in [0.15, 0.2) is 18.2 Å². The van der Waals surface area contributed by atoms with E-state index in [1.165, 1.54) is 0 Å². The number of hydrogen-bond acceptors (Lipinski definition) is 2. The zero-order chi connectivity index (χ0) is 15.0. The number of amides is 2. The molecule has 0 saturated carbocycles. The molecule has 0 bridgehead atoms. The van der Waals surface area contributed by atoms with Gasteiger partial charge in [-0.3, -0.25) is 0 Å². The summed E-state index contributed by atoms with van der Waals surface area (Å²) in [6.07, 6.45) is 0.678. The van der Waals surface area contributed by atoms with E-state index in [0.29, 0.717) is 32.1 Å². The van der Waals surface area contributed by atoms with Crippen molar-refractivity contribution in [3.63, 3.8) is 0 Å². The van der Waals surface area contributed by atoms with E-state index in [0.717, 1.165) is 18.2 Å². The van der Waals surface area contributed by atoms with Gasteiger partial charge in [0, 0.05) is 31.5 Å². The molecule has 0 aliphatic carbocycles. The van der Waals surface area contributed by atoms with E-state index in [4.69, 9.17) is 4.74 Å². The van der Waals surface area contributed by atoms with Crippen LogP contribution in [0.2, 0.25) is 0 Å². The summed E-state index contributed by atoms with van der Waals surface area (Å²) in [5, 5.41) is 4.95. The second-order valence-electron chi connectivity index (χ2n) is 4.86. The molecule has 2 amide bonds. The second kappa shape index (κ2) is 8.47. The van der Waals surface area contributed by atoms with Crippen molar-refractivity contribution < 1.29 is 18.3 Å². The average molecular weight is 286 g/mol. The lowest BCUT2D eigenvalue weighted by Crippen LogP contribution is -2.30. The molecular formula is C14H20F2N2O2. The fraction of sp³-hybridized carbons (Fsp3) is 0.500. The Balaban J connectivity index is 2.20. The molecule has 2 N–H and O–H groups in total. The molecule has 1 aromatic carbocycles. The Hall–Kier alpha value is -1.69. The number of urea groups is 1. The summed E-state index contributed by atoms with van der Waals surface area (Å²) in [6.45, 7) is 5.80. The summed E-state index contributed by atoms with van der Waals surface area (Å²) in [4.78, 5) is 11.5. The van der Waals surface area contributed by atoms with Crippen LogP contribution >= 0.6 is 0 Å².